The predicted molar refractivity (Wildman–Crippen MR) is 192 cm³/mol. The molecule has 18 heteroatoms. The average Bonchev–Trinajstić information content (AvgIpc) is 3.66. The van der Waals surface area contributed by atoms with Crippen molar-refractivity contribution >= 4 is 78.8 Å². The van der Waals surface area contributed by atoms with Crippen LogP contribution in [-0.4, -0.2) is 29.1 Å². The molecule has 58 heavy (non-hydrogen) atoms. The van der Waals surface area contributed by atoms with Gasteiger partial charge in [-0.1, -0.05) is 37.4 Å². The zero-order chi connectivity index (χ0) is 41.4. The number of nitrogens with zero attached hydrogens (tertiary/aromatic N) is 6. The molecule has 0 amide bonds. The summed E-state index contributed by atoms with van der Waals surface area (Å²) in [6.07, 6.45) is -17.0. The van der Waals surface area contributed by atoms with Crippen molar-refractivity contribution in [2.75, 3.05) is 0 Å². The number of hydrogen-bond donors (Lipinski definition) is 0. The van der Waals surface area contributed by atoms with Crippen LogP contribution >= 0.6 is 0 Å². The lowest BCUT2D eigenvalue weighted by molar-refractivity contribution is -0.138. The highest BCUT2D eigenvalue weighted by Gasteiger charge is 2.35. The van der Waals surface area contributed by atoms with Gasteiger partial charge in [-0.15, -0.1) is 0 Å². The van der Waals surface area contributed by atoms with E-state index < -0.39 is 47.0 Å². The van der Waals surface area contributed by atoms with Crippen LogP contribution in [0.25, 0.3) is 90.5 Å². The monoisotopic (exact) mass is 810 g/mol. The molecule has 0 fully saturated rings. The van der Waals surface area contributed by atoms with Gasteiger partial charge in [0, 0.05) is 32.0 Å². The fraction of sp³-hybridized carbons (Fsp3) is 0.100. The smallest absolute Gasteiger partial charge is 0.292 e. The Labute approximate surface area is 314 Å². The molecule has 0 aliphatic carbocycles. The summed E-state index contributed by atoms with van der Waals surface area (Å²) in [6, 6.07) is 10.9. The molecule has 0 atom stereocenters. The summed E-state index contributed by atoms with van der Waals surface area (Å²) in [7, 11) is 0. The molecular formula is C40H18F12N6. The topological polar surface area (TPSA) is 61.4 Å². The fourth-order valence-corrected chi connectivity index (χ4v) is 7.30. The molecule has 0 saturated carbocycles. The Hall–Kier alpha value is -6.72. The van der Waals surface area contributed by atoms with Crippen molar-refractivity contribution in [1.29, 1.82) is 0 Å². The summed E-state index contributed by atoms with van der Waals surface area (Å²) in [6.45, 7) is 8.06. The van der Waals surface area contributed by atoms with Crippen LogP contribution in [-0.2, 0) is 24.7 Å². The molecule has 6 nitrogen and oxygen atoms in total. The van der Waals surface area contributed by atoms with Crippen LogP contribution in [0.1, 0.15) is 22.3 Å². The molecule has 4 heterocycles. The van der Waals surface area contributed by atoms with Gasteiger partial charge in [-0.3, -0.25) is 19.1 Å². The molecule has 0 bridgehead atoms. The third kappa shape index (κ3) is 5.60. The Bertz CT molecular complexity index is 2970. The Morgan fingerprint density at radius 1 is 0.379 bits per heavy atom. The van der Waals surface area contributed by atoms with Gasteiger partial charge in [0.05, 0.1) is 67.7 Å². The van der Waals surface area contributed by atoms with Crippen LogP contribution in [0.3, 0.4) is 0 Å². The Kier molecular flexibility index (Phi) is 7.57. The van der Waals surface area contributed by atoms with Crippen molar-refractivity contribution in [3.05, 3.63) is 118 Å². The summed E-state index contributed by atoms with van der Waals surface area (Å²) >= 11 is 0. The van der Waals surface area contributed by atoms with Crippen LogP contribution in [0, 0.1) is 0 Å². The van der Waals surface area contributed by atoms with Crippen LogP contribution in [0.2, 0.25) is 0 Å². The maximum atomic E-state index is 13.9. The van der Waals surface area contributed by atoms with Gasteiger partial charge in [-0.25, -0.2) is 9.97 Å². The van der Waals surface area contributed by atoms with Gasteiger partial charge in [-0.05, 0) is 48.5 Å². The maximum Gasteiger partial charge on any atom is 0.416 e. The highest BCUT2D eigenvalue weighted by atomic mass is 19.4. The number of benzene rings is 5. The SMILES string of the molecule is C=c1c2ncc(-n3c4cc(C(F)(F)F)ccc4c4ccc(C(F)(F)F)cc43)nc2c(=C)c2ncc(-n3c4cc(C(F)(F)F)ccc4c4ccc(C(F)(F)F)cc43)nc12. The van der Waals surface area contributed by atoms with E-state index in [1.807, 2.05) is 0 Å². The number of rotatable bonds is 2. The molecular weight excluding hydrogens is 792 g/mol. The second-order valence-corrected chi connectivity index (χ2v) is 13.4. The van der Waals surface area contributed by atoms with Crippen LogP contribution in [0.15, 0.2) is 85.2 Å². The molecule has 4 aromatic heterocycles. The van der Waals surface area contributed by atoms with Crippen molar-refractivity contribution < 1.29 is 52.7 Å². The summed E-state index contributed by atoms with van der Waals surface area (Å²) in [5.74, 6) is -0.379. The van der Waals surface area contributed by atoms with E-state index in [-0.39, 0.29) is 87.8 Å². The highest BCUT2D eigenvalue weighted by molar-refractivity contribution is 6.11. The molecule has 0 N–H and O–H groups in total. The van der Waals surface area contributed by atoms with Gasteiger partial charge in [0.25, 0.3) is 0 Å². The van der Waals surface area contributed by atoms with E-state index in [1.54, 1.807) is 0 Å². The minimum atomic E-state index is -4.80. The van der Waals surface area contributed by atoms with Crippen molar-refractivity contribution in [2.45, 2.75) is 24.7 Å². The molecule has 292 valence electrons. The molecule has 0 spiro atoms. The number of fused-ring (bicyclic) bond motifs is 8. The van der Waals surface area contributed by atoms with E-state index in [0.717, 1.165) is 94.3 Å². The minimum absolute atomic E-state index is 0.0152. The van der Waals surface area contributed by atoms with Gasteiger partial charge in [0.1, 0.15) is 11.0 Å². The first kappa shape index (κ1) is 36.9. The number of aromatic nitrogens is 6. The molecule has 0 unspecified atom stereocenters. The van der Waals surface area contributed by atoms with Crippen molar-refractivity contribution in [2.24, 2.45) is 0 Å². The van der Waals surface area contributed by atoms with Gasteiger partial charge in [0.2, 0.25) is 0 Å². The van der Waals surface area contributed by atoms with E-state index in [2.05, 4.69) is 33.1 Å². The zero-order valence-electron chi connectivity index (χ0n) is 28.7. The standard InChI is InChI=1S/C40H18F12N6/c1-17-33-36(56-32(15-53-33)58-29-13-21(39(47,48)49)5-9-25(29)26-10-6-22(14-30(26)58)40(50,51)52)18(2)34-35(17)55-31(16-54-34)57-27-11-19(37(41,42)43)3-7-23(27)24-8-4-20(12-28(24)57)38(44,45)46/h3-16H,1-2H2. The highest BCUT2D eigenvalue weighted by Crippen LogP contribution is 2.41. The molecule has 5 aromatic carbocycles. The first-order valence-electron chi connectivity index (χ1n) is 16.7. The molecule has 9 aromatic rings. The summed E-state index contributed by atoms with van der Waals surface area (Å²) < 4.78 is 169. The number of halogens is 12. The van der Waals surface area contributed by atoms with Crippen molar-refractivity contribution in [3.8, 4) is 11.6 Å². The molecule has 0 aliphatic heterocycles. The van der Waals surface area contributed by atoms with Crippen LogP contribution < -0.4 is 10.4 Å². The molecule has 0 aliphatic rings. The largest absolute Gasteiger partial charge is 0.416 e. The predicted octanol–water partition coefficient (Wildman–Crippen LogP) is 10.7. The quantitative estimate of drug-likeness (QED) is 0.129. The molecule has 0 radical (unpaired) electrons. The zero-order valence-corrected chi connectivity index (χ0v) is 28.7. The minimum Gasteiger partial charge on any atom is -0.292 e. The molecule has 0 saturated heterocycles. The maximum absolute atomic E-state index is 13.9. The van der Waals surface area contributed by atoms with E-state index >= 15 is 0 Å². The lowest BCUT2D eigenvalue weighted by atomic mass is 10.1. The normalized spacial score (nSPS) is 13.3. The van der Waals surface area contributed by atoms with Crippen molar-refractivity contribution in [1.82, 2.24) is 29.1 Å². The number of hydrogen-bond acceptors (Lipinski definition) is 4. The molecule has 9 rings (SSSR count). The second kappa shape index (κ2) is 11.9. The van der Waals surface area contributed by atoms with E-state index in [4.69, 9.17) is 0 Å². The Balaban J connectivity index is 1.29. The fourth-order valence-electron chi connectivity index (χ4n) is 7.30. The van der Waals surface area contributed by atoms with Crippen LogP contribution in [0.5, 0.6) is 0 Å². The van der Waals surface area contributed by atoms with E-state index in [9.17, 15) is 52.7 Å². The summed E-state index contributed by atoms with van der Waals surface area (Å²) in [5.41, 5.74) is -4.81. The summed E-state index contributed by atoms with van der Waals surface area (Å²) in [5, 5.41) is 0.825. The van der Waals surface area contributed by atoms with E-state index in [0.29, 0.717) is 0 Å². The van der Waals surface area contributed by atoms with Crippen molar-refractivity contribution in [3.63, 3.8) is 0 Å². The third-order valence-electron chi connectivity index (χ3n) is 9.97. The first-order chi connectivity index (χ1) is 27.1. The summed E-state index contributed by atoms with van der Waals surface area (Å²) in [4.78, 5) is 18.0. The lowest BCUT2D eigenvalue weighted by Crippen LogP contribution is -2.19. The average molecular weight is 811 g/mol. The lowest BCUT2D eigenvalue weighted by Gasteiger charge is -2.13. The number of alkyl halides is 12. The van der Waals surface area contributed by atoms with Gasteiger partial charge < -0.3 is 0 Å². The van der Waals surface area contributed by atoms with Gasteiger partial charge in [0.15, 0.2) is 11.6 Å². The third-order valence-corrected chi connectivity index (χ3v) is 9.97. The first-order valence-corrected chi connectivity index (χ1v) is 16.7. The van der Waals surface area contributed by atoms with E-state index in [1.165, 1.54) is 0 Å². The van der Waals surface area contributed by atoms with Crippen LogP contribution in [0.4, 0.5) is 52.7 Å². The second-order valence-electron chi connectivity index (χ2n) is 13.4. The Morgan fingerprint density at radius 2 is 0.638 bits per heavy atom. The van der Waals surface area contributed by atoms with Gasteiger partial charge in [-0.2, -0.15) is 52.7 Å². The van der Waals surface area contributed by atoms with Gasteiger partial charge >= 0.3 is 24.7 Å². The Morgan fingerprint density at radius 3 is 0.879 bits per heavy atom.